The van der Waals surface area contributed by atoms with Crippen molar-refractivity contribution < 1.29 is 4.79 Å². The zero-order valence-electron chi connectivity index (χ0n) is 8.82. The van der Waals surface area contributed by atoms with Crippen molar-refractivity contribution in [2.45, 2.75) is 12.8 Å². The third-order valence-corrected chi connectivity index (χ3v) is 2.96. The van der Waals surface area contributed by atoms with Crippen LogP contribution in [0.15, 0.2) is 45.9 Å². The van der Waals surface area contributed by atoms with Crippen LogP contribution in [0.2, 0.25) is 0 Å². The molecule has 1 aromatic carbocycles. The summed E-state index contributed by atoms with van der Waals surface area (Å²) in [5, 5.41) is 0.635. The molecule has 3 heteroatoms. The number of carbonyl (C=O) groups excluding carboxylic acids is 1. The molecule has 0 aliphatic carbocycles. The van der Waals surface area contributed by atoms with Gasteiger partial charge in [0.2, 0.25) is 0 Å². The summed E-state index contributed by atoms with van der Waals surface area (Å²) in [6.07, 6.45) is 2.16. The zero-order chi connectivity index (χ0) is 11.4. The molecule has 0 radical (unpaired) electrons. The van der Waals surface area contributed by atoms with Crippen LogP contribution in [-0.2, 0) is 11.2 Å². The lowest BCUT2D eigenvalue weighted by Crippen LogP contribution is -2.14. The molecule has 2 rings (SSSR count). The highest BCUT2D eigenvalue weighted by atomic mass is 35.5. The average Bonchev–Trinajstić information content (AvgIpc) is 2.31. The molecule has 0 aromatic heterocycles. The van der Waals surface area contributed by atoms with Crippen LogP contribution in [0.5, 0.6) is 0 Å². The fourth-order valence-electron chi connectivity index (χ4n) is 1.74. The Kier molecular flexibility index (Phi) is 3.52. The molecular formula is C13H12ClNO. The third-order valence-electron chi connectivity index (χ3n) is 2.57. The number of halogens is 1. The largest absolute Gasteiger partial charge is 0.298 e. The van der Waals surface area contributed by atoms with E-state index in [4.69, 9.17) is 11.6 Å². The van der Waals surface area contributed by atoms with Crippen LogP contribution in [0.1, 0.15) is 12.0 Å². The maximum atomic E-state index is 10.9. The lowest BCUT2D eigenvalue weighted by atomic mass is 10.00. The van der Waals surface area contributed by atoms with Crippen molar-refractivity contribution >= 4 is 23.6 Å². The molecule has 0 unspecified atom stereocenters. The standard InChI is InChI=1S/C13H12ClNO/c14-12-6-7-15-13(11(12)9-16)8-10-4-2-1-3-5-10/h1-5,9H,6-8H2. The maximum Gasteiger partial charge on any atom is 0.153 e. The van der Waals surface area contributed by atoms with Crippen molar-refractivity contribution in [1.29, 1.82) is 0 Å². The number of aliphatic imine (C=N–C) groups is 1. The number of carbonyl (C=O) groups is 1. The quantitative estimate of drug-likeness (QED) is 0.739. The van der Waals surface area contributed by atoms with E-state index in [0.717, 1.165) is 17.6 Å². The van der Waals surface area contributed by atoms with Gasteiger partial charge in [-0.1, -0.05) is 41.9 Å². The second kappa shape index (κ2) is 5.08. The number of allylic oxidation sites excluding steroid dienone is 1. The van der Waals surface area contributed by atoms with Gasteiger partial charge >= 0.3 is 0 Å². The molecule has 0 amide bonds. The summed E-state index contributed by atoms with van der Waals surface area (Å²) < 4.78 is 0. The van der Waals surface area contributed by atoms with E-state index >= 15 is 0 Å². The summed E-state index contributed by atoms with van der Waals surface area (Å²) in [5.74, 6) is 0. The topological polar surface area (TPSA) is 29.4 Å². The van der Waals surface area contributed by atoms with Crippen LogP contribution in [0, 0.1) is 0 Å². The third kappa shape index (κ3) is 2.39. The van der Waals surface area contributed by atoms with E-state index in [2.05, 4.69) is 4.99 Å². The monoisotopic (exact) mass is 233 g/mol. The summed E-state index contributed by atoms with van der Waals surface area (Å²) in [4.78, 5) is 15.3. The Balaban J connectivity index is 2.22. The van der Waals surface area contributed by atoms with Crippen molar-refractivity contribution in [2.24, 2.45) is 4.99 Å². The highest BCUT2D eigenvalue weighted by Crippen LogP contribution is 2.20. The van der Waals surface area contributed by atoms with Crippen molar-refractivity contribution in [2.75, 3.05) is 6.54 Å². The molecule has 0 atom stereocenters. The van der Waals surface area contributed by atoms with Crippen LogP contribution in [0.25, 0.3) is 0 Å². The molecule has 1 heterocycles. The minimum Gasteiger partial charge on any atom is -0.298 e. The summed E-state index contributed by atoms with van der Waals surface area (Å²) in [6.45, 7) is 0.679. The van der Waals surface area contributed by atoms with Gasteiger partial charge in [0, 0.05) is 24.4 Å². The Morgan fingerprint density at radius 1 is 1.31 bits per heavy atom. The number of nitrogens with zero attached hydrogens (tertiary/aromatic N) is 1. The first-order chi connectivity index (χ1) is 7.81. The van der Waals surface area contributed by atoms with Crippen LogP contribution in [0.4, 0.5) is 0 Å². The summed E-state index contributed by atoms with van der Waals surface area (Å²) in [6, 6.07) is 9.96. The first-order valence-electron chi connectivity index (χ1n) is 5.22. The Morgan fingerprint density at radius 2 is 2.06 bits per heavy atom. The first kappa shape index (κ1) is 11.1. The van der Waals surface area contributed by atoms with Crippen molar-refractivity contribution in [1.82, 2.24) is 0 Å². The number of dihydropyridines is 1. The molecule has 1 aliphatic rings. The molecule has 0 spiro atoms. The average molecular weight is 234 g/mol. The molecule has 1 aromatic rings. The molecule has 1 aliphatic heterocycles. The smallest absolute Gasteiger partial charge is 0.153 e. The second-order valence-electron chi connectivity index (χ2n) is 3.68. The van der Waals surface area contributed by atoms with Crippen LogP contribution in [-0.4, -0.2) is 18.5 Å². The van der Waals surface area contributed by atoms with Gasteiger partial charge in [-0.3, -0.25) is 9.79 Å². The lowest BCUT2D eigenvalue weighted by Gasteiger charge is -2.13. The molecule has 0 N–H and O–H groups in total. The number of hydrogen-bond donors (Lipinski definition) is 0. The van der Waals surface area contributed by atoms with Crippen LogP contribution in [0.3, 0.4) is 0 Å². The molecular weight excluding hydrogens is 222 g/mol. The van der Waals surface area contributed by atoms with E-state index < -0.39 is 0 Å². The lowest BCUT2D eigenvalue weighted by molar-refractivity contribution is -0.104. The number of aldehydes is 1. The molecule has 0 saturated carbocycles. The van der Waals surface area contributed by atoms with Gasteiger partial charge in [-0.15, -0.1) is 0 Å². The Hall–Kier alpha value is -1.41. The van der Waals surface area contributed by atoms with Gasteiger partial charge in [0.05, 0.1) is 11.3 Å². The maximum absolute atomic E-state index is 10.9. The van der Waals surface area contributed by atoms with Crippen molar-refractivity contribution in [3.63, 3.8) is 0 Å². The van der Waals surface area contributed by atoms with E-state index in [1.54, 1.807) is 0 Å². The highest BCUT2D eigenvalue weighted by Gasteiger charge is 2.15. The Morgan fingerprint density at radius 3 is 2.75 bits per heavy atom. The highest BCUT2D eigenvalue weighted by molar-refractivity contribution is 6.35. The Bertz CT molecular complexity index is 448. The SMILES string of the molecule is O=CC1=C(Cl)CCN=C1Cc1ccccc1. The zero-order valence-corrected chi connectivity index (χ0v) is 9.57. The van der Waals surface area contributed by atoms with E-state index in [1.807, 2.05) is 30.3 Å². The van der Waals surface area contributed by atoms with Crippen LogP contribution < -0.4 is 0 Å². The predicted octanol–water partition coefficient (Wildman–Crippen LogP) is 2.77. The van der Waals surface area contributed by atoms with Crippen molar-refractivity contribution in [3.8, 4) is 0 Å². The molecule has 0 saturated heterocycles. The number of benzene rings is 1. The summed E-state index contributed by atoms with van der Waals surface area (Å²) >= 11 is 6.01. The van der Waals surface area contributed by atoms with Gasteiger partial charge in [-0.2, -0.15) is 0 Å². The molecule has 16 heavy (non-hydrogen) atoms. The van der Waals surface area contributed by atoms with Gasteiger partial charge in [-0.05, 0) is 5.56 Å². The van der Waals surface area contributed by atoms with Gasteiger partial charge in [0.1, 0.15) is 0 Å². The normalized spacial score (nSPS) is 15.9. The molecule has 0 bridgehead atoms. The molecule has 82 valence electrons. The fraction of sp³-hybridized carbons (Fsp3) is 0.231. The van der Waals surface area contributed by atoms with E-state index in [0.29, 0.717) is 30.0 Å². The second-order valence-corrected chi connectivity index (χ2v) is 4.13. The summed E-state index contributed by atoms with van der Waals surface area (Å²) in [7, 11) is 0. The number of rotatable bonds is 3. The first-order valence-corrected chi connectivity index (χ1v) is 5.60. The number of hydrogen-bond acceptors (Lipinski definition) is 2. The van der Waals surface area contributed by atoms with Gasteiger partial charge in [-0.25, -0.2) is 0 Å². The van der Waals surface area contributed by atoms with Gasteiger partial charge < -0.3 is 0 Å². The van der Waals surface area contributed by atoms with E-state index in [-0.39, 0.29) is 0 Å². The van der Waals surface area contributed by atoms with Gasteiger partial charge in [0.15, 0.2) is 6.29 Å². The fourth-order valence-corrected chi connectivity index (χ4v) is 1.98. The van der Waals surface area contributed by atoms with Gasteiger partial charge in [0.25, 0.3) is 0 Å². The van der Waals surface area contributed by atoms with Crippen molar-refractivity contribution in [3.05, 3.63) is 46.5 Å². The minimum atomic E-state index is 0.566. The predicted molar refractivity (Wildman–Crippen MR) is 66.0 cm³/mol. The molecule has 0 fully saturated rings. The van der Waals surface area contributed by atoms with Crippen LogP contribution >= 0.6 is 11.6 Å². The Labute approximate surface area is 99.7 Å². The molecule has 2 nitrogen and oxygen atoms in total. The summed E-state index contributed by atoms with van der Waals surface area (Å²) in [5.41, 5.74) is 2.51. The van der Waals surface area contributed by atoms with E-state index in [9.17, 15) is 4.79 Å². The van der Waals surface area contributed by atoms with E-state index in [1.165, 1.54) is 0 Å². The minimum absolute atomic E-state index is 0.566.